The van der Waals surface area contributed by atoms with Crippen LogP contribution in [0.3, 0.4) is 0 Å². The van der Waals surface area contributed by atoms with E-state index in [2.05, 4.69) is 11.9 Å². The first-order valence-corrected chi connectivity index (χ1v) is 8.35. The van der Waals surface area contributed by atoms with E-state index in [0.717, 1.165) is 47.0 Å². The fourth-order valence-electron chi connectivity index (χ4n) is 3.85. The molecule has 2 aliphatic heterocycles. The van der Waals surface area contributed by atoms with Gasteiger partial charge in [0.05, 0.1) is 0 Å². The number of fused-ring (bicyclic) bond motifs is 2. The van der Waals surface area contributed by atoms with Crippen LogP contribution in [-0.2, 0) is 4.79 Å². The molecule has 4 rings (SSSR count). The number of aryl methyl sites for hydroxylation is 2. The average molecular weight is 323 g/mol. The number of ketones is 1. The van der Waals surface area contributed by atoms with Gasteiger partial charge in [-0.3, -0.25) is 9.69 Å². The summed E-state index contributed by atoms with van der Waals surface area (Å²) in [5.41, 5.74) is 1.63. The number of carbonyl (C=O) groups is 1. The quantitative estimate of drug-likeness (QED) is 0.784. The van der Waals surface area contributed by atoms with Crippen molar-refractivity contribution >= 4 is 17.9 Å². The predicted octanol–water partition coefficient (Wildman–Crippen LogP) is 4.00. The molecule has 4 heterocycles. The predicted molar refractivity (Wildman–Crippen MR) is 92.4 cm³/mol. The van der Waals surface area contributed by atoms with Crippen LogP contribution in [0.2, 0.25) is 0 Å². The van der Waals surface area contributed by atoms with E-state index in [1.54, 1.807) is 0 Å². The molecule has 4 heteroatoms. The lowest BCUT2D eigenvalue weighted by Crippen LogP contribution is -2.43. The van der Waals surface area contributed by atoms with Crippen molar-refractivity contribution in [1.29, 1.82) is 0 Å². The van der Waals surface area contributed by atoms with Crippen LogP contribution in [-0.4, -0.2) is 29.8 Å². The molecule has 2 aromatic rings. The molecular formula is C20H21NO3. The number of hydrogen-bond acceptors (Lipinski definition) is 4. The van der Waals surface area contributed by atoms with E-state index < -0.39 is 0 Å². The van der Waals surface area contributed by atoms with E-state index in [0.29, 0.717) is 0 Å². The zero-order valence-corrected chi connectivity index (χ0v) is 14.2. The molecule has 0 aliphatic carbocycles. The molecule has 2 saturated heterocycles. The molecule has 124 valence electrons. The second-order valence-corrected chi connectivity index (χ2v) is 6.70. The Morgan fingerprint density at radius 3 is 1.75 bits per heavy atom. The molecule has 0 N–H and O–H groups in total. The number of nitrogens with zero attached hydrogens (tertiary/aromatic N) is 1. The lowest BCUT2D eigenvalue weighted by molar-refractivity contribution is -0.114. The van der Waals surface area contributed by atoms with Gasteiger partial charge in [0, 0.05) is 23.2 Å². The Balaban J connectivity index is 1.77. The summed E-state index contributed by atoms with van der Waals surface area (Å²) in [6.45, 7) is 3.82. The van der Waals surface area contributed by atoms with Crippen molar-refractivity contribution in [2.75, 3.05) is 7.05 Å². The van der Waals surface area contributed by atoms with Crippen LogP contribution in [0.1, 0.15) is 35.9 Å². The first-order valence-electron chi connectivity index (χ1n) is 8.35. The largest absolute Gasteiger partial charge is 0.462 e. The first kappa shape index (κ1) is 15.2. The lowest BCUT2D eigenvalue weighted by Gasteiger charge is -2.34. The zero-order chi connectivity index (χ0) is 16.8. The van der Waals surface area contributed by atoms with Gasteiger partial charge in [-0.1, -0.05) is 0 Å². The minimum Gasteiger partial charge on any atom is -0.462 e. The van der Waals surface area contributed by atoms with Crippen molar-refractivity contribution in [3.63, 3.8) is 0 Å². The molecule has 2 fully saturated rings. The Kier molecular flexibility index (Phi) is 3.57. The summed E-state index contributed by atoms with van der Waals surface area (Å²) < 4.78 is 11.3. The molecule has 0 saturated carbocycles. The number of carbonyl (C=O) groups excluding carboxylic acids is 1. The van der Waals surface area contributed by atoms with E-state index in [9.17, 15) is 4.79 Å². The Labute approximate surface area is 141 Å². The highest BCUT2D eigenvalue weighted by atomic mass is 16.3. The van der Waals surface area contributed by atoms with Gasteiger partial charge in [0.15, 0.2) is 5.78 Å². The Hall–Kier alpha value is -2.33. The monoisotopic (exact) mass is 323 g/mol. The number of rotatable bonds is 2. The summed E-state index contributed by atoms with van der Waals surface area (Å²) in [4.78, 5) is 15.4. The average Bonchev–Trinajstić information content (AvgIpc) is 3.21. The zero-order valence-electron chi connectivity index (χ0n) is 14.2. The van der Waals surface area contributed by atoms with Crippen LogP contribution in [0.15, 0.2) is 44.2 Å². The summed E-state index contributed by atoms with van der Waals surface area (Å²) in [7, 11) is 2.09. The number of furan rings is 2. The maximum absolute atomic E-state index is 13.1. The van der Waals surface area contributed by atoms with Crippen molar-refractivity contribution in [2.24, 2.45) is 0 Å². The fourth-order valence-corrected chi connectivity index (χ4v) is 3.85. The van der Waals surface area contributed by atoms with Crippen molar-refractivity contribution in [3.05, 3.63) is 58.5 Å². The van der Waals surface area contributed by atoms with Gasteiger partial charge < -0.3 is 8.83 Å². The third-order valence-corrected chi connectivity index (χ3v) is 5.06. The summed E-state index contributed by atoms with van der Waals surface area (Å²) in [5.74, 6) is 3.29. The Morgan fingerprint density at radius 2 is 1.38 bits per heavy atom. The highest BCUT2D eigenvalue weighted by molar-refractivity contribution is 6.15. The van der Waals surface area contributed by atoms with Crippen molar-refractivity contribution in [2.45, 2.75) is 38.8 Å². The molecule has 2 aromatic heterocycles. The molecule has 0 amide bonds. The van der Waals surface area contributed by atoms with Crippen LogP contribution in [0, 0.1) is 13.8 Å². The highest BCUT2D eigenvalue weighted by Gasteiger charge is 2.44. The molecule has 0 radical (unpaired) electrons. The van der Waals surface area contributed by atoms with Gasteiger partial charge in [0.2, 0.25) is 0 Å². The smallest absolute Gasteiger partial charge is 0.188 e. The van der Waals surface area contributed by atoms with Gasteiger partial charge in [-0.05, 0) is 70.2 Å². The minimum atomic E-state index is 0.115. The summed E-state index contributed by atoms with van der Waals surface area (Å²) >= 11 is 0. The SMILES string of the molecule is Cc1ccc(/C=C2/C(=O)/C(=C/c3ccc(C)o3)[C@H]3CC[C@H]2N3C)o1. The Bertz CT molecular complexity index is 784. The maximum Gasteiger partial charge on any atom is 0.188 e. The molecular weight excluding hydrogens is 302 g/mol. The van der Waals surface area contributed by atoms with Gasteiger partial charge in [0.1, 0.15) is 23.0 Å². The van der Waals surface area contributed by atoms with Crippen LogP contribution < -0.4 is 0 Å². The van der Waals surface area contributed by atoms with Crippen molar-refractivity contribution in [1.82, 2.24) is 4.90 Å². The van der Waals surface area contributed by atoms with Gasteiger partial charge >= 0.3 is 0 Å². The Morgan fingerprint density at radius 1 is 0.917 bits per heavy atom. The van der Waals surface area contributed by atoms with Crippen LogP contribution in [0.5, 0.6) is 0 Å². The molecule has 2 bridgehead atoms. The van der Waals surface area contributed by atoms with Gasteiger partial charge in [-0.25, -0.2) is 0 Å². The number of hydrogen-bond donors (Lipinski definition) is 0. The standard InChI is InChI=1S/C20H21NO3/c1-12-4-6-14(23-12)10-16-18-8-9-19(21(18)3)17(20(16)22)11-15-7-5-13(2)24-15/h4-7,10-11,18-19H,8-9H2,1-3H3/b16-10+,17-11+/t18-,19-/m1/s1. The molecule has 0 unspecified atom stereocenters. The van der Waals surface area contributed by atoms with E-state index in [4.69, 9.17) is 8.83 Å². The van der Waals surface area contributed by atoms with E-state index in [1.807, 2.05) is 50.3 Å². The molecule has 0 spiro atoms. The van der Waals surface area contributed by atoms with Crippen LogP contribution in [0.25, 0.3) is 12.2 Å². The lowest BCUT2D eigenvalue weighted by atomic mass is 9.90. The number of likely N-dealkylation sites (N-methyl/N-ethyl adjacent to an activating group) is 1. The first-order chi connectivity index (χ1) is 11.5. The van der Waals surface area contributed by atoms with E-state index in [-0.39, 0.29) is 17.9 Å². The minimum absolute atomic E-state index is 0.115. The van der Waals surface area contributed by atoms with Gasteiger partial charge in [-0.15, -0.1) is 0 Å². The molecule has 2 atom stereocenters. The molecule has 4 nitrogen and oxygen atoms in total. The van der Waals surface area contributed by atoms with Crippen LogP contribution in [0.4, 0.5) is 0 Å². The third-order valence-electron chi connectivity index (χ3n) is 5.06. The summed E-state index contributed by atoms with van der Waals surface area (Å²) in [5, 5.41) is 0. The second kappa shape index (κ2) is 5.64. The second-order valence-electron chi connectivity index (χ2n) is 6.70. The summed E-state index contributed by atoms with van der Waals surface area (Å²) in [6.07, 6.45) is 5.79. The molecule has 24 heavy (non-hydrogen) atoms. The maximum atomic E-state index is 13.1. The topological polar surface area (TPSA) is 46.6 Å². The fraction of sp³-hybridized carbons (Fsp3) is 0.350. The van der Waals surface area contributed by atoms with Crippen LogP contribution >= 0.6 is 0 Å². The van der Waals surface area contributed by atoms with E-state index >= 15 is 0 Å². The van der Waals surface area contributed by atoms with Gasteiger partial charge in [-0.2, -0.15) is 0 Å². The summed E-state index contributed by atoms with van der Waals surface area (Å²) in [6, 6.07) is 8.00. The molecule has 0 aromatic carbocycles. The van der Waals surface area contributed by atoms with Crippen molar-refractivity contribution < 1.29 is 13.6 Å². The highest BCUT2D eigenvalue weighted by Crippen LogP contribution is 2.40. The normalized spacial score (nSPS) is 27.5. The van der Waals surface area contributed by atoms with E-state index in [1.165, 1.54) is 0 Å². The third kappa shape index (κ3) is 2.47. The number of Topliss-reactive ketones (excluding diaryl/α,β-unsaturated/α-hetero) is 1. The van der Waals surface area contributed by atoms with Gasteiger partial charge in [0.25, 0.3) is 0 Å². The number of piperidine rings is 1. The van der Waals surface area contributed by atoms with Crippen molar-refractivity contribution in [3.8, 4) is 0 Å². The molecule has 2 aliphatic rings.